The van der Waals surface area contributed by atoms with Crippen molar-refractivity contribution in [1.82, 2.24) is 15.2 Å². The first-order chi connectivity index (χ1) is 13.2. The Morgan fingerprint density at radius 1 is 1.25 bits per heavy atom. The Morgan fingerprint density at radius 3 is 2.64 bits per heavy atom. The molecule has 154 valence electrons. The van der Waals surface area contributed by atoms with E-state index in [1.807, 2.05) is 18.2 Å². The zero-order valence-corrected chi connectivity index (χ0v) is 17.5. The Balaban J connectivity index is 1.45. The number of nitrogens with one attached hydrogen (secondary N) is 2. The molecule has 7 nitrogen and oxygen atoms in total. The molecule has 0 saturated carbocycles. The maximum absolute atomic E-state index is 12.2. The molecule has 1 saturated heterocycles. The monoisotopic (exact) mass is 388 g/mol. The quantitative estimate of drug-likeness (QED) is 0.763. The van der Waals surface area contributed by atoms with Crippen LogP contribution in [0.15, 0.2) is 22.6 Å². The molecule has 2 N–H and O–H groups in total. The summed E-state index contributed by atoms with van der Waals surface area (Å²) in [6, 6.07) is 5.30. The van der Waals surface area contributed by atoms with E-state index in [4.69, 9.17) is 9.15 Å². The van der Waals surface area contributed by atoms with Crippen molar-refractivity contribution in [2.24, 2.45) is 0 Å². The number of carbonyl (C=O) groups is 1. The topological polar surface area (TPSA) is 79.6 Å². The average Bonchev–Trinajstić information content (AvgIpc) is 3.01. The fraction of sp³-hybridized carbons (Fsp3) is 0.619. The summed E-state index contributed by atoms with van der Waals surface area (Å²) < 4.78 is 11.5. The maximum atomic E-state index is 12.2. The van der Waals surface area contributed by atoms with Crippen LogP contribution >= 0.6 is 0 Å². The number of amides is 2. The minimum Gasteiger partial charge on any atom is -0.440 e. The predicted molar refractivity (Wildman–Crippen MR) is 111 cm³/mol. The highest BCUT2D eigenvalue weighted by Crippen LogP contribution is 2.27. The number of hydrogen-bond donors (Lipinski definition) is 2. The number of rotatable bonds is 5. The summed E-state index contributed by atoms with van der Waals surface area (Å²) in [4.78, 5) is 19.1. The van der Waals surface area contributed by atoms with E-state index in [1.165, 1.54) is 0 Å². The number of ether oxygens (including phenoxy) is 1. The molecule has 1 aromatic heterocycles. The van der Waals surface area contributed by atoms with Crippen LogP contribution in [0.1, 0.15) is 46.9 Å². The number of urea groups is 1. The Labute approximate surface area is 166 Å². The van der Waals surface area contributed by atoms with Crippen LogP contribution in [0.3, 0.4) is 0 Å². The normalized spacial score (nSPS) is 21.0. The summed E-state index contributed by atoms with van der Waals surface area (Å²) in [7, 11) is 0. The Bertz CT molecular complexity index is 802. The van der Waals surface area contributed by atoms with Crippen LogP contribution in [-0.2, 0) is 10.2 Å². The van der Waals surface area contributed by atoms with Gasteiger partial charge in [0.1, 0.15) is 5.52 Å². The van der Waals surface area contributed by atoms with Gasteiger partial charge in [-0.3, -0.25) is 4.90 Å². The molecule has 2 unspecified atom stereocenters. The molecule has 3 rings (SSSR count). The SMILES string of the molecule is CC1CN(CCCNC(=O)Nc2ccc3oc(C(C)(C)C)nc3c2)CC(C)O1. The van der Waals surface area contributed by atoms with E-state index < -0.39 is 0 Å². The first-order valence-corrected chi connectivity index (χ1v) is 10.0. The minimum atomic E-state index is -0.206. The molecule has 7 heteroatoms. The largest absolute Gasteiger partial charge is 0.440 e. The van der Waals surface area contributed by atoms with E-state index >= 15 is 0 Å². The summed E-state index contributed by atoms with van der Waals surface area (Å²) in [5, 5.41) is 5.79. The van der Waals surface area contributed by atoms with E-state index in [2.05, 4.69) is 55.1 Å². The second-order valence-corrected chi connectivity index (χ2v) is 8.70. The molecule has 1 aliphatic rings. The fourth-order valence-electron chi connectivity index (χ4n) is 3.47. The average molecular weight is 389 g/mol. The molecule has 2 amide bonds. The third-order valence-electron chi connectivity index (χ3n) is 4.72. The zero-order valence-electron chi connectivity index (χ0n) is 17.5. The highest BCUT2D eigenvalue weighted by molar-refractivity contribution is 5.91. The third-order valence-corrected chi connectivity index (χ3v) is 4.72. The van der Waals surface area contributed by atoms with E-state index in [1.54, 1.807) is 0 Å². The molecule has 2 heterocycles. The van der Waals surface area contributed by atoms with Crippen LogP contribution in [-0.4, -0.2) is 54.3 Å². The van der Waals surface area contributed by atoms with Crippen molar-refractivity contribution in [3.63, 3.8) is 0 Å². The molecule has 0 aliphatic carbocycles. The molecule has 0 radical (unpaired) electrons. The van der Waals surface area contributed by atoms with Gasteiger partial charge in [0, 0.05) is 37.3 Å². The van der Waals surface area contributed by atoms with Crippen LogP contribution in [0.25, 0.3) is 11.1 Å². The smallest absolute Gasteiger partial charge is 0.319 e. The van der Waals surface area contributed by atoms with Gasteiger partial charge in [-0.05, 0) is 38.5 Å². The van der Waals surface area contributed by atoms with Gasteiger partial charge in [-0.15, -0.1) is 0 Å². The van der Waals surface area contributed by atoms with Gasteiger partial charge >= 0.3 is 6.03 Å². The molecule has 2 atom stereocenters. The zero-order chi connectivity index (χ0) is 20.3. The number of fused-ring (bicyclic) bond motifs is 1. The van der Waals surface area contributed by atoms with Crippen LogP contribution in [0, 0.1) is 0 Å². The van der Waals surface area contributed by atoms with Gasteiger partial charge in [-0.1, -0.05) is 20.8 Å². The third kappa shape index (κ3) is 5.45. The number of oxazole rings is 1. The molecule has 1 fully saturated rings. The van der Waals surface area contributed by atoms with Crippen molar-refractivity contribution in [3.8, 4) is 0 Å². The van der Waals surface area contributed by atoms with Gasteiger partial charge in [0.15, 0.2) is 5.58 Å². The van der Waals surface area contributed by atoms with Gasteiger partial charge < -0.3 is 19.8 Å². The van der Waals surface area contributed by atoms with E-state index in [-0.39, 0.29) is 23.7 Å². The number of nitrogens with zero attached hydrogens (tertiary/aromatic N) is 2. The first kappa shape index (κ1) is 20.6. The summed E-state index contributed by atoms with van der Waals surface area (Å²) in [6.07, 6.45) is 1.44. The van der Waals surface area contributed by atoms with Crippen molar-refractivity contribution < 1.29 is 13.9 Å². The molecular formula is C21H32N4O3. The number of anilines is 1. The highest BCUT2D eigenvalue weighted by atomic mass is 16.5. The van der Waals surface area contributed by atoms with Crippen molar-refractivity contribution >= 4 is 22.8 Å². The van der Waals surface area contributed by atoms with Crippen LogP contribution in [0.2, 0.25) is 0 Å². The van der Waals surface area contributed by atoms with Gasteiger partial charge in [0.05, 0.1) is 12.2 Å². The lowest BCUT2D eigenvalue weighted by Gasteiger charge is -2.35. The summed E-state index contributed by atoms with van der Waals surface area (Å²) in [6.45, 7) is 13.9. The molecular weight excluding hydrogens is 356 g/mol. The van der Waals surface area contributed by atoms with Crippen LogP contribution in [0.5, 0.6) is 0 Å². The van der Waals surface area contributed by atoms with Crippen molar-refractivity contribution in [3.05, 3.63) is 24.1 Å². The second kappa shape index (κ2) is 8.49. The van der Waals surface area contributed by atoms with Gasteiger partial charge in [-0.25, -0.2) is 9.78 Å². The Kier molecular flexibility index (Phi) is 6.25. The van der Waals surface area contributed by atoms with E-state index in [0.29, 0.717) is 18.1 Å². The Morgan fingerprint density at radius 2 is 1.96 bits per heavy atom. The van der Waals surface area contributed by atoms with Crippen LogP contribution in [0.4, 0.5) is 10.5 Å². The van der Waals surface area contributed by atoms with E-state index in [0.717, 1.165) is 37.2 Å². The number of carbonyl (C=O) groups excluding carboxylic acids is 1. The minimum absolute atomic E-state index is 0.153. The van der Waals surface area contributed by atoms with Gasteiger partial charge in [-0.2, -0.15) is 0 Å². The van der Waals surface area contributed by atoms with E-state index in [9.17, 15) is 4.79 Å². The van der Waals surface area contributed by atoms with Crippen molar-refractivity contribution in [2.75, 3.05) is 31.5 Å². The number of benzene rings is 1. The highest BCUT2D eigenvalue weighted by Gasteiger charge is 2.22. The molecule has 0 bridgehead atoms. The molecule has 1 aromatic carbocycles. The lowest BCUT2D eigenvalue weighted by molar-refractivity contribution is -0.0679. The number of morpholine rings is 1. The lowest BCUT2D eigenvalue weighted by Crippen LogP contribution is -2.46. The lowest BCUT2D eigenvalue weighted by atomic mass is 9.97. The van der Waals surface area contributed by atoms with Gasteiger partial charge in [0.2, 0.25) is 5.89 Å². The fourth-order valence-corrected chi connectivity index (χ4v) is 3.47. The van der Waals surface area contributed by atoms with Crippen molar-refractivity contribution in [1.29, 1.82) is 0 Å². The molecule has 0 spiro atoms. The molecule has 2 aromatic rings. The van der Waals surface area contributed by atoms with Crippen LogP contribution < -0.4 is 10.6 Å². The second-order valence-electron chi connectivity index (χ2n) is 8.70. The molecule has 1 aliphatic heterocycles. The predicted octanol–water partition coefficient (Wildman–Crippen LogP) is 3.75. The number of aromatic nitrogens is 1. The van der Waals surface area contributed by atoms with Gasteiger partial charge in [0.25, 0.3) is 0 Å². The summed E-state index contributed by atoms with van der Waals surface area (Å²) in [5.74, 6) is 0.691. The summed E-state index contributed by atoms with van der Waals surface area (Å²) in [5.41, 5.74) is 2.03. The summed E-state index contributed by atoms with van der Waals surface area (Å²) >= 11 is 0. The Hall–Kier alpha value is -2.12. The maximum Gasteiger partial charge on any atom is 0.319 e. The number of hydrogen-bond acceptors (Lipinski definition) is 5. The standard InChI is InChI=1S/C21H32N4O3/c1-14-12-25(13-15(2)27-14)10-6-9-22-20(26)23-16-7-8-18-17(11-16)24-19(28-18)21(3,4)5/h7-8,11,14-15H,6,9-10,12-13H2,1-5H3,(H2,22,23,26). The molecule has 28 heavy (non-hydrogen) atoms. The first-order valence-electron chi connectivity index (χ1n) is 10.0. The van der Waals surface area contributed by atoms with Crippen molar-refractivity contribution in [2.45, 2.75) is 58.7 Å².